The smallest absolute Gasteiger partial charge is 0.251 e. The van der Waals surface area contributed by atoms with Crippen LogP contribution in [0, 0.1) is 0 Å². The molecular weight excluding hydrogens is 232 g/mol. The maximum atomic E-state index is 11.8. The van der Waals surface area contributed by atoms with Crippen molar-refractivity contribution < 1.29 is 14.3 Å². The van der Waals surface area contributed by atoms with Crippen LogP contribution in [0.5, 0.6) is 5.75 Å². The summed E-state index contributed by atoms with van der Waals surface area (Å²) in [6.07, 6.45) is 1.78. The molecule has 0 bridgehead atoms. The van der Waals surface area contributed by atoms with Crippen LogP contribution in [0.1, 0.15) is 5.56 Å². The molecule has 1 aliphatic heterocycles. The molecule has 2 amide bonds. The number of rotatable bonds is 3. The third-order valence-electron chi connectivity index (χ3n) is 2.61. The normalized spacial score (nSPS) is 12.8. The third-order valence-corrected chi connectivity index (χ3v) is 2.61. The fourth-order valence-corrected chi connectivity index (χ4v) is 1.61. The number of carbonyl (C=O) groups excluding carboxylic acids is 2. The number of fused-ring (bicyclic) bond motifs is 1. The molecule has 0 radical (unpaired) electrons. The van der Waals surface area contributed by atoms with E-state index in [1.807, 2.05) is 24.3 Å². The molecule has 0 atom stereocenters. The van der Waals surface area contributed by atoms with Gasteiger partial charge in [-0.05, 0) is 12.1 Å². The number of nitrogens with one attached hydrogen (secondary N) is 2. The number of carbonyl (C=O) groups is 2. The van der Waals surface area contributed by atoms with Crippen LogP contribution < -0.4 is 15.4 Å². The molecule has 1 aromatic carbocycles. The molecule has 5 nitrogen and oxygen atoms in total. The molecule has 2 N–H and O–H groups in total. The van der Waals surface area contributed by atoms with Crippen molar-refractivity contribution in [2.45, 2.75) is 0 Å². The second-order valence-electron chi connectivity index (χ2n) is 3.85. The lowest BCUT2D eigenvalue weighted by Crippen LogP contribution is -2.37. The van der Waals surface area contributed by atoms with Crippen LogP contribution in [0.4, 0.5) is 0 Å². The Morgan fingerprint density at radius 2 is 2.11 bits per heavy atom. The van der Waals surface area contributed by atoms with Crippen molar-refractivity contribution in [1.82, 2.24) is 10.6 Å². The predicted molar refractivity (Wildman–Crippen MR) is 67.0 cm³/mol. The second-order valence-corrected chi connectivity index (χ2v) is 3.85. The molecule has 0 saturated heterocycles. The lowest BCUT2D eigenvalue weighted by molar-refractivity contribution is -0.124. The van der Waals surface area contributed by atoms with E-state index in [1.165, 1.54) is 7.05 Å². The fraction of sp³-hybridized carbons (Fsp3) is 0.231. The van der Waals surface area contributed by atoms with Gasteiger partial charge in [0, 0.05) is 12.6 Å². The van der Waals surface area contributed by atoms with Gasteiger partial charge in [0.1, 0.15) is 12.4 Å². The SMILES string of the molecule is CNC(=O)CNC(=O)C1=Cc2ccccc2OC1. The Kier molecular flexibility index (Phi) is 3.62. The van der Waals surface area contributed by atoms with Crippen molar-refractivity contribution in [2.75, 3.05) is 20.2 Å². The zero-order chi connectivity index (χ0) is 13.0. The summed E-state index contributed by atoms with van der Waals surface area (Å²) in [6.45, 7) is 0.185. The molecule has 1 aliphatic rings. The number of amides is 2. The first-order valence-electron chi connectivity index (χ1n) is 5.62. The first kappa shape index (κ1) is 12.2. The van der Waals surface area contributed by atoms with Crippen molar-refractivity contribution in [3.8, 4) is 5.75 Å². The lowest BCUT2D eigenvalue weighted by atomic mass is 10.1. The van der Waals surface area contributed by atoms with Gasteiger partial charge in [-0.3, -0.25) is 9.59 Å². The van der Waals surface area contributed by atoms with Gasteiger partial charge in [-0.1, -0.05) is 18.2 Å². The summed E-state index contributed by atoms with van der Waals surface area (Å²) in [5, 5.41) is 4.97. The zero-order valence-corrected chi connectivity index (χ0v) is 10.0. The van der Waals surface area contributed by atoms with E-state index in [2.05, 4.69) is 10.6 Å². The Labute approximate surface area is 105 Å². The monoisotopic (exact) mass is 246 g/mol. The van der Waals surface area contributed by atoms with Crippen molar-refractivity contribution in [2.24, 2.45) is 0 Å². The van der Waals surface area contributed by atoms with Crippen molar-refractivity contribution in [3.63, 3.8) is 0 Å². The minimum atomic E-state index is -0.284. The molecule has 0 aromatic heterocycles. The van der Waals surface area contributed by atoms with E-state index in [0.29, 0.717) is 5.57 Å². The van der Waals surface area contributed by atoms with E-state index in [4.69, 9.17) is 4.74 Å². The van der Waals surface area contributed by atoms with Crippen LogP contribution in [0.25, 0.3) is 6.08 Å². The van der Waals surface area contributed by atoms with Gasteiger partial charge in [-0.15, -0.1) is 0 Å². The quantitative estimate of drug-likeness (QED) is 0.807. The molecule has 1 heterocycles. The van der Waals surface area contributed by atoms with Crippen molar-refractivity contribution in [1.29, 1.82) is 0 Å². The van der Waals surface area contributed by atoms with Gasteiger partial charge in [0.05, 0.1) is 12.1 Å². The van der Waals surface area contributed by atoms with Crippen LogP contribution in [-0.2, 0) is 9.59 Å². The van der Waals surface area contributed by atoms with Crippen molar-refractivity contribution >= 4 is 17.9 Å². The average Bonchev–Trinajstić information content (AvgIpc) is 2.43. The molecule has 0 unspecified atom stereocenters. The highest BCUT2D eigenvalue weighted by Gasteiger charge is 2.16. The molecule has 2 rings (SSSR count). The molecule has 18 heavy (non-hydrogen) atoms. The highest BCUT2D eigenvalue weighted by atomic mass is 16.5. The van der Waals surface area contributed by atoms with E-state index in [-0.39, 0.29) is 25.0 Å². The average molecular weight is 246 g/mol. The van der Waals surface area contributed by atoms with Crippen LogP contribution in [0.2, 0.25) is 0 Å². The first-order chi connectivity index (χ1) is 8.70. The van der Waals surface area contributed by atoms with Crippen LogP contribution in [-0.4, -0.2) is 32.0 Å². The number of para-hydroxylation sites is 1. The number of hydrogen-bond acceptors (Lipinski definition) is 3. The summed E-state index contributed by atoms with van der Waals surface area (Å²) in [5.74, 6) is 0.245. The number of benzene rings is 1. The first-order valence-corrected chi connectivity index (χ1v) is 5.62. The molecule has 1 aromatic rings. The van der Waals surface area contributed by atoms with Gasteiger partial charge in [0.15, 0.2) is 0 Å². The largest absolute Gasteiger partial charge is 0.488 e. The molecule has 0 saturated carbocycles. The van der Waals surface area contributed by atoms with Crippen LogP contribution >= 0.6 is 0 Å². The number of likely N-dealkylation sites (N-methyl/N-ethyl adjacent to an activating group) is 1. The van der Waals surface area contributed by atoms with Gasteiger partial charge in [0.2, 0.25) is 5.91 Å². The summed E-state index contributed by atoms with van der Waals surface area (Å²) in [7, 11) is 1.52. The minimum absolute atomic E-state index is 0.0334. The van der Waals surface area contributed by atoms with Gasteiger partial charge in [-0.25, -0.2) is 0 Å². The molecule has 94 valence electrons. The lowest BCUT2D eigenvalue weighted by Gasteiger charge is -2.17. The Bertz CT molecular complexity index is 509. The topological polar surface area (TPSA) is 67.4 Å². The van der Waals surface area contributed by atoms with Gasteiger partial charge >= 0.3 is 0 Å². The zero-order valence-electron chi connectivity index (χ0n) is 10.0. The van der Waals surface area contributed by atoms with E-state index in [9.17, 15) is 9.59 Å². The summed E-state index contributed by atoms with van der Waals surface area (Å²) in [5.41, 5.74) is 1.38. The number of ether oxygens (including phenoxy) is 1. The Morgan fingerprint density at radius 1 is 1.33 bits per heavy atom. The Balaban J connectivity index is 2.05. The fourth-order valence-electron chi connectivity index (χ4n) is 1.61. The standard InChI is InChI=1S/C13H14N2O3/c1-14-12(16)7-15-13(17)10-6-9-4-2-3-5-11(9)18-8-10/h2-6H,7-8H2,1H3,(H,14,16)(H,15,17). The predicted octanol–water partition coefficient (Wildman–Crippen LogP) is 0.325. The van der Waals surface area contributed by atoms with E-state index >= 15 is 0 Å². The summed E-state index contributed by atoms with van der Waals surface area (Å²) < 4.78 is 5.46. The van der Waals surface area contributed by atoms with Gasteiger partial charge in [0.25, 0.3) is 5.91 Å². The van der Waals surface area contributed by atoms with Crippen molar-refractivity contribution in [3.05, 3.63) is 35.4 Å². The maximum absolute atomic E-state index is 11.8. The maximum Gasteiger partial charge on any atom is 0.251 e. The molecule has 0 aliphatic carbocycles. The van der Waals surface area contributed by atoms with E-state index < -0.39 is 0 Å². The van der Waals surface area contributed by atoms with Gasteiger partial charge < -0.3 is 15.4 Å². The van der Waals surface area contributed by atoms with E-state index in [1.54, 1.807) is 6.08 Å². The highest BCUT2D eigenvalue weighted by Crippen LogP contribution is 2.25. The second kappa shape index (κ2) is 5.35. The summed E-state index contributed by atoms with van der Waals surface area (Å²) >= 11 is 0. The molecule has 0 fully saturated rings. The summed E-state index contributed by atoms with van der Waals surface area (Å²) in [6, 6.07) is 7.49. The minimum Gasteiger partial charge on any atom is -0.488 e. The number of hydrogen-bond donors (Lipinski definition) is 2. The van der Waals surface area contributed by atoms with Crippen LogP contribution in [0.15, 0.2) is 29.8 Å². The Hall–Kier alpha value is -2.30. The molecule has 0 spiro atoms. The Morgan fingerprint density at radius 3 is 2.89 bits per heavy atom. The van der Waals surface area contributed by atoms with Crippen LogP contribution in [0.3, 0.4) is 0 Å². The van der Waals surface area contributed by atoms with E-state index in [0.717, 1.165) is 11.3 Å². The molecular formula is C13H14N2O3. The highest BCUT2D eigenvalue weighted by molar-refractivity contribution is 6.00. The third kappa shape index (κ3) is 2.68. The van der Waals surface area contributed by atoms with Gasteiger partial charge in [-0.2, -0.15) is 0 Å². The summed E-state index contributed by atoms with van der Waals surface area (Å²) in [4.78, 5) is 22.8. The molecule has 5 heteroatoms.